The minimum absolute atomic E-state index is 0.151. The van der Waals surface area contributed by atoms with Crippen molar-refractivity contribution in [2.24, 2.45) is 10.9 Å². The Kier molecular flexibility index (Phi) is 8.55. The Labute approximate surface area is 193 Å². The van der Waals surface area contributed by atoms with Gasteiger partial charge in [0.25, 0.3) is 0 Å². The maximum Gasteiger partial charge on any atom is 0.316 e. The lowest BCUT2D eigenvalue weighted by atomic mass is 9.74. The molecule has 0 fully saturated rings. The average molecular weight is 473 g/mol. The SMILES string of the molecule is CC(=O)C1=C(CCCCCl)N=C(C)C(C(=O)OC(C)(C)C)C1c1cccc(Cl)c1Cl. The van der Waals surface area contributed by atoms with E-state index in [1.54, 1.807) is 45.9 Å². The van der Waals surface area contributed by atoms with E-state index in [0.29, 0.717) is 44.9 Å². The lowest BCUT2D eigenvalue weighted by molar-refractivity contribution is -0.157. The summed E-state index contributed by atoms with van der Waals surface area (Å²) in [6.45, 7) is 8.70. The molecule has 30 heavy (non-hydrogen) atoms. The molecule has 1 aliphatic rings. The van der Waals surface area contributed by atoms with Gasteiger partial charge in [-0.15, -0.1) is 11.6 Å². The third-order valence-electron chi connectivity index (χ3n) is 4.87. The van der Waals surface area contributed by atoms with E-state index < -0.39 is 23.4 Å². The van der Waals surface area contributed by atoms with Crippen molar-refractivity contribution in [3.63, 3.8) is 0 Å². The van der Waals surface area contributed by atoms with Crippen molar-refractivity contribution in [3.05, 3.63) is 45.1 Å². The van der Waals surface area contributed by atoms with Crippen LogP contribution in [0, 0.1) is 5.92 Å². The molecule has 0 aromatic heterocycles. The predicted molar refractivity (Wildman–Crippen MR) is 124 cm³/mol. The van der Waals surface area contributed by atoms with Crippen molar-refractivity contribution >= 4 is 52.3 Å². The largest absolute Gasteiger partial charge is 0.459 e. The number of allylic oxidation sites excluding steroid dienone is 2. The van der Waals surface area contributed by atoms with Crippen LogP contribution in [-0.4, -0.2) is 28.9 Å². The number of rotatable bonds is 7. The van der Waals surface area contributed by atoms with Gasteiger partial charge in [-0.2, -0.15) is 0 Å². The number of unbranched alkanes of at least 4 members (excludes halogenated alkanes) is 1. The molecule has 2 rings (SSSR count). The number of halogens is 3. The van der Waals surface area contributed by atoms with Gasteiger partial charge in [0.1, 0.15) is 11.5 Å². The Hall–Kier alpha value is -1.36. The zero-order valence-corrected chi connectivity index (χ0v) is 20.3. The van der Waals surface area contributed by atoms with E-state index in [1.165, 1.54) is 6.92 Å². The Morgan fingerprint density at radius 2 is 1.83 bits per heavy atom. The van der Waals surface area contributed by atoms with E-state index in [1.807, 2.05) is 0 Å². The number of alkyl halides is 1. The third kappa shape index (κ3) is 5.87. The van der Waals surface area contributed by atoms with Crippen molar-refractivity contribution in [2.45, 2.75) is 65.4 Å². The summed E-state index contributed by atoms with van der Waals surface area (Å²) in [5, 5.41) is 0.690. The van der Waals surface area contributed by atoms with Crippen LogP contribution in [0.2, 0.25) is 10.0 Å². The van der Waals surface area contributed by atoms with E-state index in [4.69, 9.17) is 39.5 Å². The monoisotopic (exact) mass is 471 g/mol. The molecule has 4 nitrogen and oxygen atoms in total. The molecule has 164 valence electrons. The Morgan fingerprint density at radius 3 is 2.40 bits per heavy atom. The van der Waals surface area contributed by atoms with Gasteiger partial charge in [-0.3, -0.25) is 14.6 Å². The number of esters is 1. The molecule has 1 heterocycles. The van der Waals surface area contributed by atoms with Gasteiger partial charge in [-0.25, -0.2) is 0 Å². The number of hydrogen-bond donors (Lipinski definition) is 0. The zero-order chi connectivity index (χ0) is 22.6. The predicted octanol–water partition coefficient (Wildman–Crippen LogP) is 6.76. The quantitative estimate of drug-likeness (QED) is 0.250. The first-order valence-corrected chi connectivity index (χ1v) is 11.3. The van der Waals surface area contributed by atoms with Crippen LogP contribution in [-0.2, 0) is 14.3 Å². The summed E-state index contributed by atoms with van der Waals surface area (Å²) < 4.78 is 5.68. The fourth-order valence-corrected chi connectivity index (χ4v) is 4.31. The fourth-order valence-electron chi connectivity index (χ4n) is 3.70. The number of carbonyl (C=O) groups excluding carboxylic acids is 2. The van der Waals surface area contributed by atoms with Crippen LogP contribution in [0.1, 0.15) is 65.4 Å². The highest BCUT2D eigenvalue weighted by atomic mass is 35.5. The second-order valence-corrected chi connectivity index (χ2v) is 9.61. The molecule has 1 aromatic carbocycles. The van der Waals surface area contributed by atoms with E-state index >= 15 is 0 Å². The first-order valence-electron chi connectivity index (χ1n) is 9.99. The Balaban J connectivity index is 2.68. The lowest BCUT2D eigenvalue weighted by Crippen LogP contribution is -2.39. The van der Waals surface area contributed by atoms with E-state index in [9.17, 15) is 9.59 Å². The van der Waals surface area contributed by atoms with Crippen LogP contribution in [0.25, 0.3) is 0 Å². The van der Waals surface area contributed by atoms with Gasteiger partial charge in [-0.1, -0.05) is 35.3 Å². The van der Waals surface area contributed by atoms with Gasteiger partial charge in [0.2, 0.25) is 0 Å². The molecule has 0 bridgehead atoms. The highest BCUT2D eigenvalue weighted by Crippen LogP contribution is 2.45. The highest BCUT2D eigenvalue weighted by Gasteiger charge is 2.43. The molecular weight excluding hydrogens is 445 g/mol. The highest BCUT2D eigenvalue weighted by molar-refractivity contribution is 6.42. The van der Waals surface area contributed by atoms with Crippen LogP contribution in [0.3, 0.4) is 0 Å². The standard InChI is InChI=1S/C23H28Cl3NO3/c1-13-18(22(29)30-23(3,4)5)20(15-9-8-10-16(25)21(15)26)19(14(2)28)17(27-13)11-6-7-12-24/h8-10,18,20H,6-7,11-12H2,1-5H3. The number of benzene rings is 1. The van der Waals surface area contributed by atoms with Crippen molar-refractivity contribution in [2.75, 3.05) is 5.88 Å². The normalized spacial score (nSPS) is 19.5. The summed E-state index contributed by atoms with van der Waals surface area (Å²) in [4.78, 5) is 30.7. The summed E-state index contributed by atoms with van der Waals surface area (Å²) >= 11 is 18.6. The summed E-state index contributed by atoms with van der Waals surface area (Å²) in [7, 11) is 0. The molecule has 0 aliphatic carbocycles. The molecule has 0 saturated carbocycles. The van der Waals surface area contributed by atoms with Gasteiger partial charge in [0, 0.05) is 28.8 Å². The average Bonchev–Trinajstić information content (AvgIpc) is 2.61. The Morgan fingerprint density at radius 1 is 1.17 bits per heavy atom. The number of ketones is 1. The van der Waals surface area contributed by atoms with Crippen LogP contribution >= 0.6 is 34.8 Å². The molecule has 0 N–H and O–H groups in total. The summed E-state index contributed by atoms with van der Waals surface area (Å²) in [6.07, 6.45) is 2.19. The second kappa shape index (κ2) is 10.3. The number of nitrogens with zero attached hydrogens (tertiary/aromatic N) is 1. The van der Waals surface area contributed by atoms with E-state index in [-0.39, 0.29) is 5.78 Å². The van der Waals surface area contributed by atoms with Crippen LogP contribution < -0.4 is 0 Å². The molecular formula is C23H28Cl3NO3. The Bertz CT molecular complexity index is 884. The third-order valence-corrected chi connectivity index (χ3v) is 5.97. The summed E-state index contributed by atoms with van der Waals surface area (Å²) in [5.41, 5.74) is 1.69. The minimum atomic E-state index is -0.768. The van der Waals surface area contributed by atoms with Gasteiger partial charge in [0.05, 0.1) is 10.0 Å². The van der Waals surface area contributed by atoms with Gasteiger partial charge in [-0.05, 0) is 65.5 Å². The van der Waals surface area contributed by atoms with Gasteiger partial charge >= 0.3 is 5.97 Å². The molecule has 2 atom stereocenters. The number of hydrogen-bond acceptors (Lipinski definition) is 4. The van der Waals surface area contributed by atoms with E-state index in [2.05, 4.69) is 4.99 Å². The smallest absolute Gasteiger partial charge is 0.316 e. The van der Waals surface area contributed by atoms with Crippen molar-refractivity contribution in [1.82, 2.24) is 0 Å². The van der Waals surface area contributed by atoms with Crippen LogP contribution in [0.15, 0.2) is 34.5 Å². The van der Waals surface area contributed by atoms with Crippen LogP contribution in [0.5, 0.6) is 0 Å². The maximum atomic E-state index is 13.2. The van der Waals surface area contributed by atoms with Crippen molar-refractivity contribution < 1.29 is 14.3 Å². The number of Topliss-reactive ketones (excluding diaryl/α,β-unsaturated/α-hetero) is 1. The summed E-state index contributed by atoms with van der Waals surface area (Å²) in [6, 6.07) is 5.24. The molecule has 2 unspecified atom stereocenters. The molecule has 0 saturated heterocycles. The van der Waals surface area contributed by atoms with Gasteiger partial charge in [0.15, 0.2) is 5.78 Å². The molecule has 0 amide bonds. The molecule has 1 aromatic rings. The number of aliphatic imine (C=N–C) groups is 1. The topological polar surface area (TPSA) is 55.7 Å². The van der Waals surface area contributed by atoms with Gasteiger partial charge < -0.3 is 4.74 Å². The molecule has 7 heteroatoms. The first-order chi connectivity index (χ1) is 14.0. The first kappa shape index (κ1) is 24.9. The van der Waals surface area contributed by atoms with Crippen molar-refractivity contribution in [3.8, 4) is 0 Å². The molecule has 0 spiro atoms. The second-order valence-electron chi connectivity index (χ2n) is 8.45. The maximum absolute atomic E-state index is 13.2. The number of ether oxygens (including phenoxy) is 1. The lowest BCUT2D eigenvalue weighted by Gasteiger charge is -2.34. The zero-order valence-electron chi connectivity index (χ0n) is 18.0. The molecule has 0 radical (unpaired) electrons. The minimum Gasteiger partial charge on any atom is -0.459 e. The number of carbonyl (C=O) groups is 2. The summed E-state index contributed by atoms with van der Waals surface area (Å²) in [5.74, 6) is -1.44. The fraction of sp³-hybridized carbons (Fsp3) is 0.522. The van der Waals surface area contributed by atoms with Crippen molar-refractivity contribution in [1.29, 1.82) is 0 Å². The van der Waals surface area contributed by atoms with E-state index in [0.717, 1.165) is 12.8 Å². The van der Waals surface area contributed by atoms with Crippen LogP contribution in [0.4, 0.5) is 0 Å². The molecule has 1 aliphatic heterocycles.